The molecule has 1 atom stereocenters. The minimum Gasteiger partial charge on any atom is -0.132 e. The van der Waals surface area contributed by atoms with Gasteiger partial charge < -0.3 is 0 Å². The lowest BCUT2D eigenvalue weighted by molar-refractivity contribution is 0.801. The molecule has 0 nitrogen and oxygen atoms in total. The molecule has 0 heterocycles. The number of benzene rings is 1. The van der Waals surface area contributed by atoms with Gasteiger partial charge in [0.05, 0.1) is 0 Å². The Morgan fingerprint density at radius 2 is 1.64 bits per heavy atom. The molecule has 1 rings (SSSR count). The van der Waals surface area contributed by atoms with Crippen molar-refractivity contribution in [2.75, 3.05) is 0 Å². The summed E-state index contributed by atoms with van der Waals surface area (Å²) in [6, 6.07) is 7.68. The third-order valence-corrected chi connectivity index (χ3v) is 3.55. The zero-order chi connectivity index (χ0) is 10.8. The topological polar surface area (TPSA) is 0 Å². The average Bonchev–Trinajstić information content (AvgIpc) is 2.02. The molecular formula is C11H14Cl2S. The highest BCUT2D eigenvalue weighted by molar-refractivity contribution is 8.01. The first kappa shape index (κ1) is 12.2. The molecule has 0 saturated carbocycles. The molecule has 0 aliphatic carbocycles. The Labute approximate surface area is 100.0 Å². The van der Waals surface area contributed by atoms with Crippen LogP contribution in [-0.4, -0.2) is 4.75 Å². The quantitative estimate of drug-likeness (QED) is 0.656. The van der Waals surface area contributed by atoms with E-state index in [1.807, 2.05) is 24.3 Å². The summed E-state index contributed by atoms with van der Waals surface area (Å²) in [5.41, 5.74) is 1.11. The molecule has 1 aromatic carbocycles. The van der Waals surface area contributed by atoms with Crippen molar-refractivity contribution in [1.29, 1.82) is 0 Å². The molecule has 3 heteroatoms. The van der Waals surface area contributed by atoms with E-state index < -0.39 is 0 Å². The number of hydrogen-bond acceptors (Lipinski definition) is 1. The number of thioether (sulfide) groups is 1. The molecule has 14 heavy (non-hydrogen) atoms. The fourth-order valence-electron chi connectivity index (χ4n) is 0.993. The summed E-state index contributed by atoms with van der Waals surface area (Å²) in [6.45, 7) is 6.47. The third-order valence-electron chi connectivity index (χ3n) is 1.59. The van der Waals surface area contributed by atoms with Gasteiger partial charge in [-0.3, -0.25) is 0 Å². The Morgan fingerprint density at radius 1 is 1.14 bits per heavy atom. The summed E-state index contributed by atoms with van der Waals surface area (Å²) in [4.78, 5) is 0. The van der Waals surface area contributed by atoms with Crippen LogP contribution in [0.25, 0.3) is 0 Å². The van der Waals surface area contributed by atoms with Crippen LogP contribution in [-0.2, 0) is 0 Å². The van der Waals surface area contributed by atoms with Crippen LogP contribution < -0.4 is 0 Å². The molecule has 0 spiro atoms. The summed E-state index contributed by atoms with van der Waals surface area (Å²) < 4.78 is 0.166. The van der Waals surface area contributed by atoms with Crippen molar-refractivity contribution in [3.63, 3.8) is 0 Å². The monoisotopic (exact) mass is 248 g/mol. The van der Waals surface area contributed by atoms with Crippen LogP contribution in [0, 0.1) is 0 Å². The van der Waals surface area contributed by atoms with Crippen LogP contribution >= 0.6 is 35.0 Å². The van der Waals surface area contributed by atoms with Gasteiger partial charge in [0.1, 0.15) is 4.71 Å². The molecule has 0 fully saturated rings. The Hall–Kier alpha value is 0.150. The summed E-state index contributed by atoms with van der Waals surface area (Å²) in [5, 5.41) is 0.748. The first-order chi connectivity index (χ1) is 6.38. The van der Waals surface area contributed by atoms with Gasteiger partial charge in [0.2, 0.25) is 0 Å². The highest BCUT2D eigenvalue weighted by Gasteiger charge is 2.18. The van der Waals surface area contributed by atoms with E-state index in [1.54, 1.807) is 11.8 Å². The van der Waals surface area contributed by atoms with Crippen molar-refractivity contribution in [3.05, 3.63) is 34.9 Å². The lowest BCUT2D eigenvalue weighted by Crippen LogP contribution is -2.08. The van der Waals surface area contributed by atoms with Crippen molar-refractivity contribution < 1.29 is 0 Å². The zero-order valence-electron chi connectivity index (χ0n) is 8.55. The molecule has 1 unspecified atom stereocenters. The molecular weight excluding hydrogens is 235 g/mol. The predicted molar refractivity (Wildman–Crippen MR) is 67.4 cm³/mol. The smallest absolute Gasteiger partial charge is 0.104 e. The van der Waals surface area contributed by atoms with Gasteiger partial charge >= 0.3 is 0 Å². The van der Waals surface area contributed by atoms with Crippen LogP contribution in [0.1, 0.15) is 31.0 Å². The second-order valence-corrected chi connectivity index (χ2v) is 7.16. The maximum absolute atomic E-state index is 6.26. The molecule has 0 aromatic heterocycles. The zero-order valence-corrected chi connectivity index (χ0v) is 10.9. The number of alkyl halides is 1. The Kier molecular flexibility index (Phi) is 4.17. The van der Waals surface area contributed by atoms with Crippen LogP contribution in [0.5, 0.6) is 0 Å². The van der Waals surface area contributed by atoms with Gasteiger partial charge in [0, 0.05) is 9.77 Å². The van der Waals surface area contributed by atoms with Crippen molar-refractivity contribution in [3.8, 4) is 0 Å². The van der Waals surface area contributed by atoms with E-state index in [9.17, 15) is 0 Å². The minimum absolute atomic E-state index is 0.00716. The van der Waals surface area contributed by atoms with Crippen LogP contribution in [0.15, 0.2) is 24.3 Å². The average molecular weight is 249 g/mol. The van der Waals surface area contributed by atoms with E-state index in [0.29, 0.717) is 0 Å². The Bertz CT molecular complexity index is 287. The van der Waals surface area contributed by atoms with E-state index in [2.05, 4.69) is 20.8 Å². The van der Waals surface area contributed by atoms with Crippen molar-refractivity contribution in [2.45, 2.75) is 30.2 Å². The normalized spacial score (nSPS) is 14.1. The molecule has 0 aliphatic rings. The summed E-state index contributed by atoms with van der Waals surface area (Å²) in [7, 11) is 0. The Morgan fingerprint density at radius 3 is 2.07 bits per heavy atom. The van der Waals surface area contributed by atoms with E-state index >= 15 is 0 Å². The first-order valence-corrected chi connectivity index (χ1v) is 6.15. The van der Waals surface area contributed by atoms with E-state index in [-0.39, 0.29) is 9.46 Å². The van der Waals surface area contributed by atoms with Gasteiger partial charge in [-0.25, -0.2) is 0 Å². The third kappa shape index (κ3) is 4.12. The fourth-order valence-corrected chi connectivity index (χ4v) is 2.98. The summed E-state index contributed by atoms with van der Waals surface area (Å²) in [5.74, 6) is 0. The van der Waals surface area contributed by atoms with Crippen LogP contribution in [0.3, 0.4) is 0 Å². The van der Waals surface area contributed by atoms with Crippen LogP contribution in [0.2, 0.25) is 5.02 Å². The second kappa shape index (κ2) is 4.78. The minimum atomic E-state index is -0.00716. The summed E-state index contributed by atoms with van der Waals surface area (Å²) in [6.07, 6.45) is 0. The number of hydrogen-bond donors (Lipinski definition) is 0. The molecule has 1 aromatic rings. The maximum atomic E-state index is 6.26. The molecule has 78 valence electrons. The van der Waals surface area contributed by atoms with Gasteiger partial charge in [-0.15, -0.1) is 23.4 Å². The lowest BCUT2D eigenvalue weighted by Gasteiger charge is -2.21. The fraction of sp³-hybridized carbons (Fsp3) is 0.455. The van der Waals surface area contributed by atoms with Crippen molar-refractivity contribution in [1.82, 2.24) is 0 Å². The van der Waals surface area contributed by atoms with Gasteiger partial charge in [-0.2, -0.15) is 0 Å². The number of rotatable bonds is 2. The molecule has 0 amide bonds. The SMILES string of the molecule is CC(C)(C)SC(Cl)c1ccc(Cl)cc1. The number of halogens is 2. The van der Waals surface area contributed by atoms with E-state index in [4.69, 9.17) is 23.2 Å². The largest absolute Gasteiger partial charge is 0.132 e. The molecule has 0 bridgehead atoms. The van der Waals surface area contributed by atoms with Crippen molar-refractivity contribution >= 4 is 35.0 Å². The molecule has 0 N–H and O–H groups in total. The van der Waals surface area contributed by atoms with Gasteiger partial charge in [-0.1, -0.05) is 44.5 Å². The van der Waals surface area contributed by atoms with Crippen LogP contribution in [0.4, 0.5) is 0 Å². The Balaban J connectivity index is 2.70. The summed E-state index contributed by atoms with van der Waals surface area (Å²) >= 11 is 13.8. The van der Waals surface area contributed by atoms with E-state index in [0.717, 1.165) is 10.6 Å². The van der Waals surface area contributed by atoms with Gasteiger partial charge in [0.25, 0.3) is 0 Å². The lowest BCUT2D eigenvalue weighted by atomic mass is 10.2. The van der Waals surface area contributed by atoms with Crippen molar-refractivity contribution in [2.24, 2.45) is 0 Å². The first-order valence-electron chi connectivity index (χ1n) is 4.46. The highest BCUT2D eigenvalue weighted by atomic mass is 35.5. The predicted octanol–water partition coefficient (Wildman–Crippen LogP) is 5.11. The second-order valence-electron chi connectivity index (χ2n) is 4.10. The molecule has 0 saturated heterocycles. The highest BCUT2D eigenvalue weighted by Crippen LogP contribution is 2.41. The van der Waals surface area contributed by atoms with E-state index in [1.165, 1.54) is 0 Å². The maximum Gasteiger partial charge on any atom is 0.104 e. The molecule has 0 radical (unpaired) electrons. The molecule has 0 aliphatic heterocycles. The standard InChI is InChI=1S/C11H14Cl2S/c1-11(2,3)14-10(13)8-4-6-9(12)7-5-8/h4-7,10H,1-3H3. The van der Waals surface area contributed by atoms with Gasteiger partial charge in [0.15, 0.2) is 0 Å². The van der Waals surface area contributed by atoms with Gasteiger partial charge in [-0.05, 0) is 17.7 Å².